The lowest BCUT2D eigenvalue weighted by molar-refractivity contribution is 0.305. The fraction of sp³-hybridized carbons (Fsp3) is 0.444. The predicted molar refractivity (Wildman–Crippen MR) is 92.1 cm³/mol. The molecule has 0 N–H and O–H groups in total. The van der Waals surface area contributed by atoms with Gasteiger partial charge in [-0.1, -0.05) is 44.2 Å². The third kappa shape index (κ3) is 3.47. The third-order valence-electron chi connectivity index (χ3n) is 3.78. The summed E-state index contributed by atoms with van der Waals surface area (Å²) in [4.78, 5) is 6.43. The van der Waals surface area contributed by atoms with Gasteiger partial charge in [-0.05, 0) is 24.6 Å². The number of hydrogen-bond donors (Lipinski definition) is 0. The molecule has 0 atom stereocenters. The van der Waals surface area contributed by atoms with Gasteiger partial charge in [0.15, 0.2) is 0 Å². The summed E-state index contributed by atoms with van der Waals surface area (Å²) >= 11 is 1.98. The maximum Gasteiger partial charge on any atom is 0.0967 e. The van der Waals surface area contributed by atoms with Crippen LogP contribution in [0, 0.1) is 5.92 Å². The van der Waals surface area contributed by atoms with Crippen molar-refractivity contribution in [3.8, 4) is 0 Å². The van der Waals surface area contributed by atoms with Crippen molar-refractivity contribution >= 4 is 16.3 Å². The zero-order valence-corrected chi connectivity index (χ0v) is 14.0. The molecule has 0 radical (unpaired) electrons. The second kappa shape index (κ2) is 6.20. The predicted octanol–water partition coefficient (Wildman–Crippen LogP) is 4.20. The van der Waals surface area contributed by atoms with Gasteiger partial charge >= 0.3 is 0 Å². The lowest BCUT2D eigenvalue weighted by atomic mass is 10.1. The van der Waals surface area contributed by atoms with Crippen molar-refractivity contribution in [1.82, 2.24) is 4.90 Å². The number of rotatable bonds is 4. The zero-order valence-electron chi connectivity index (χ0n) is 13.2. The van der Waals surface area contributed by atoms with Gasteiger partial charge in [0.1, 0.15) is 0 Å². The maximum atomic E-state index is 2.54. The number of fused-ring (bicyclic) bond motifs is 1. The highest BCUT2D eigenvalue weighted by Crippen LogP contribution is 2.36. The van der Waals surface area contributed by atoms with Crippen LogP contribution in [0.15, 0.2) is 36.4 Å². The van der Waals surface area contributed by atoms with E-state index < -0.39 is 0 Å². The molecular weight excluding hydrogens is 276 g/mol. The van der Waals surface area contributed by atoms with Gasteiger partial charge in [0, 0.05) is 30.0 Å². The standard InChI is InChI=1S/C18H24N2S/c1-14(2)11-20-13-19(3)12-16-10-17(21-18(16)20)9-15-7-5-4-6-8-15/h4-8,10,14H,9,11-13H2,1-3H3. The summed E-state index contributed by atoms with van der Waals surface area (Å²) in [7, 11) is 2.21. The maximum absolute atomic E-state index is 2.54. The molecule has 0 fully saturated rings. The molecule has 1 aliphatic heterocycles. The Morgan fingerprint density at radius 1 is 1.19 bits per heavy atom. The molecule has 0 bridgehead atoms. The van der Waals surface area contributed by atoms with Crippen LogP contribution in [0.25, 0.3) is 0 Å². The Bertz CT molecular complexity index is 589. The van der Waals surface area contributed by atoms with Gasteiger partial charge in [-0.25, -0.2) is 0 Å². The second-order valence-electron chi connectivity index (χ2n) is 6.48. The molecule has 21 heavy (non-hydrogen) atoms. The minimum atomic E-state index is 0.698. The molecule has 0 saturated heterocycles. The fourth-order valence-electron chi connectivity index (χ4n) is 3.02. The molecule has 0 spiro atoms. The van der Waals surface area contributed by atoms with Crippen molar-refractivity contribution in [3.63, 3.8) is 0 Å². The number of benzene rings is 1. The summed E-state index contributed by atoms with van der Waals surface area (Å²) in [6, 6.07) is 13.2. The summed E-state index contributed by atoms with van der Waals surface area (Å²) in [6.45, 7) is 7.87. The highest BCUT2D eigenvalue weighted by molar-refractivity contribution is 7.16. The average Bonchev–Trinajstić information content (AvgIpc) is 2.81. The van der Waals surface area contributed by atoms with E-state index in [1.165, 1.54) is 21.0 Å². The molecule has 0 saturated carbocycles. The first-order valence-corrected chi connectivity index (χ1v) is 8.52. The van der Waals surface area contributed by atoms with Crippen LogP contribution in [0.5, 0.6) is 0 Å². The van der Waals surface area contributed by atoms with Crippen LogP contribution in [0.1, 0.15) is 29.9 Å². The van der Waals surface area contributed by atoms with Gasteiger partial charge in [-0.3, -0.25) is 4.90 Å². The zero-order chi connectivity index (χ0) is 14.8. The molecule has 1 aliphatic rings. The van der Waals surface area contributed by atoms with E-state index in [4.69, 9.17) is 0 Å². The van der Waals surface area contributed by atoms with Crippen LogP contribution in [-0.2, 0) is 13.0 Å². The summed E-state index contributed by atoms with van der Waals surface area (Å²) in [6.07, 6.45) is 1.05. The van der Waals surface area contributed by atoms with Crippen LogP contribution in [-0.4, -0.2) is 25.2 Å². The molecule has 0 aliphatic carbocycles. The summed E-state index contributed by atoms with van der Waals surface area (Å²) in [5, 5.41) is 1.49. The number of nitrogens with zero attached hydrogens (tertiary/aromatic N) is 2. The number of anilines is 1. The first-order valence-electron chi connectivity index (χ1n) is 7.71. The molecule has 1 aromatic heterocycles. The Balaban J connectivity index is 1.83. The normalized spacial score (nSPS) is 15.5. The van der Waals surface area contributed by atoms with Crippen molar-refractivity contribution in [3.05, 3.63) is 52.4 Å². The van der Waals surface area contributed by atoms with E-state index in [-0.39, 0.29) is 0 Å². The highest BCUT2D eigenvalue weighted by Gasteiger charge is 2.23. The van der Waals surface area contributed by atoms with Crippen molar-refractivity contribution in [2.45, 2.75) is 26.8 Å². The molecule has 0 amide bonds. The van der Waals surface area contributed by atoms with Crippen molar-refractivity contribution in [2.24, 2.45) is 5.92 Å². The van der Waals surface area contributed by atoms with E-state index in [0.717, 1.165) is 26.2 Å². The minimum absolute atomic E-state index is 0.698. The molecule has 2 heterocycles. The van der Waals surface area contributed by atoms with Crippen molar-refractivity contribution in [2.75, 3.05) is 25.2 Å². The van der Waals surface area contributed by atoms with Crippen molar-refractivity contribution in [1.29, 1.82) is 0 Å². The quantitative estimate of drug-likeness (QED) is 0.835. The van der Waals surface area contributed by atoms with E-state index in [1.807, 2.05) is 11.3 Å². The number of hydrogen-bond acceptors (Lipinski definition) is 3. The van der Waals surface area contributed by atoms with Gasteiger partial charge in [-0.2, -0.15) is 0 Å². The fourth-order valence-corrected chi connectivity index (χ4v) is 4.22. The van der Waals surface area contributed by atoms with E-state index in [1.54, 1.807) is 0 Å². The third-order valence-corrected chi connectivity index (χ3v) is 5.02. The largest absolute Gasteiger partial charge is 0.350 e. The summed E-state index contributed by atoms with van der Waals surface area (Å²) in [5.41, 5.74) is 2.90. The molecule has 3 rings (SSSR count). The van der Waals surface area contributed by atoms with Crippen LogP contribution < -0.4 is 4.90 Å². The first-order chi connectivity index (χ1) is 10.1. The average molecular weight is 300 g/mol. The molecule has 2 nitrogen and oxygen atoms in total. The smallest absolute Gasteiger partial charge is 0.0967 e. The van der Waals surface area contributed by atoms with E-state index in [9.17, 15) is 0 Å². The van der Waals surface area contributed by atoms with Crippen molar-refractivity contribution < 1.29 is 0 Å². The Hall–Kier alpha value is -1.32. The molecule has 2 aromatic rings. The Morgan fingerprint density at radius 3 is 2.67 bits per heavy atom. The Morgan fingerprint density at radius 2 is 1.95 bits per heavy atom. The number of thiophene rings is 1. The first kappa shape index (κ1) is 14.6. The van der Waals surface area contributed by atoms with Gasteiger partial charge in [0.25, 0.3) is 0 Å². The SMILES string of the molecule is CC(C)CN1CN(C)Cc2cc(Cc3ccccc3)sc21. The summed E-state index contributed by atoms with van der Waals surface area (Å²) < 4.78 is 0. The molecule has 112 valence electrons. The lowest BCUT2D eigenvalue weighted by Gasteiger charge is -2.35. The van der Waals surface area contributed by atoms with Gasteiger partial charge in [0.2, 0.25) is 0 Å². The minimum Gasteiger partial charge on any atom is -0.350 e. The van der Waals surface area contributed by atoms with Crippen LogP contribution in [0.2, 0.25) is 0 Å². The van der Waals surface area contributed by atoms with Crippen LogP contribution in [0.4, 0.5) is 5.00 Å². The highest BCUT2D eigenvalue weighted by atomic mass is 32.1. The van der Waals surface area contributed by atoms with Crippen LogP contribution in [0.3, 0.4) is 0 Å². The monoisotopic (exact) mass is 300 g/mol. The molecule has 3 heteroatoms. The summed E-state index contributed by atoms with van der Waals surface area (Å²) in [5.74, 6) is 0.698. The van der Waals surface area contributed by atoms with E-state index in [0.29, 0.717) is 5.92 Å². The van der Waals surface area contributed by atoms with Crippen LogP contribution >= 0.6 is 11.3 Å². The van der Waals surface area contributed by atoms with E-state index in [2.05, 4.69) is 67.1 Å². The van der Waals surface area contributed by atoms with E-state index >= 15 is 0 Å². The Labute approximate surface area is 132 Å². The van der Waals surface area contributed by atoms with Gasteiger partial charge < -0.3 is 4.90 Å². The topological polar surface area (TPSA) is 6.48 Å². The molecule has 0 unspecified atom stereocenters. The second-order valence-corrected chi connectivity index (χ2v) is 7.59. The molecular formula is C18H24N2S. The van der Waals surface area contributed by atoms with Gasteiger partial charge in [-0.15, -0.1) is 11.3 Å². The molecule has 1 aromatic carbocycles. The Kier molecular flexibility index (Phi) is 4.32. The lowest BCUT2D eigenvalue weighted by Crippen LogP contribution is -2.41. The van der Waals surface area contributed by atoms with Gasteiger partial charge in [0.05, 0.1) is 11.7 Å².